The van der Waals surface area contributed by atoms with Crippen molar-refractivity contribution in [2.45, 2.75) is 39.5 Å². The molecule has 4 aromatic carbocycles. The lowest BCUT2D eigenvalue weighted by molar-refractivity contribution is 0.738. The summed E-state index contributed by atoms with van der Waals surface area (Å²) < 4.78 is 0. The summed E-state index contributed by atoms with van der Waals surface area (Å²) in [6.45, 7) is 12.4. The molecule has 2 nitrogen and oxygen atoms in total. The van der Waals surface area contributed by atoms with Gasteiger partial charge in [0.05, 0.1) is 16.8 Å². The van der Waals surface area contributed by atoms with Crippen LogP contribution in [0.15, 0.2) is 171 Å². The van der Waals surface area contributed by atoms with Crippen molar-refractivity contribution in [1.29, 1.82) is 0 Å². The van der Waals surface area contributed by atoms with Gasteiger partial charge in [-0.3, -0.25) is 4.98 Å². The molecule has 2 aromatic heterocycles. The Balaban J connectivity index is 0.00000200. The van der Waals surface area contributed by atoms with E-state index in [1.807, 2.05) is 39.2 Å². The molecule has 0 radical (unpaired) electrons. The van der Waals surface area contributed by atoms with Gasteiger partial charge < -0.3 is 0 Å². The number of allylic oxidation sites excluding steroid dienone is 7. The first-order valence-electron chi connectivity index (χ1n) is 18.1. The fourth-order valence-corrected chi connectivity index (χ4v) is 7.70. The summed E-state index contributed by atoms with van der Waals surface area (Å²) in [6, 6.07) is 44.5. The van der Waals surface area contributed by atoms with Crippen molar-refractivity contribution in [3.63, 3.8) is 0 Å². The van der Waals surface area contributed by atoms with E-state index in [-0.39, 0.29) is 0 Å². The number of pyridine rings is 2. The number of hydrogen-bond acceptors (Lipinski definition) is 2. The lowest BCUT2D eigenvalue weighted by Crippen LogP contribution is -2.28. The van der Waals surface area contributed by atoms with E-state index in [0.29, 0.717) is 5.92 Å². The molecule has 2 heterocycles. The van der Waals surface area contributed by atoms with E-state index in [1.54, 1.807) is 0 Å². The standard InChI is InChI=1S/C47H38N2.C2H6/c1-4-33(5-2)45-30-38(31-46(49-45)34-20-18-32(3)19-21-34)36-13-11-12-35(28-36)37-22-23-44-42(29-37)41-16-9-10-17-43(41)47(44,39-14-7-6-8-15-39)40-24-26-48-27-25-40;1-2/h4-18,20-32H,1,19H2,2-3H3;1-2H3/b33-5+;. The molecule has 2 aliphatic carbocycles. The molecule has 0 aliphatic heterocycles. The Kier molecular flexibility index (Phi) is 9.59. The van der Waals surface area contributed by atoms with Gasteiger partial charge in [-0.25, -0.2) is 4.98 Å². The molecule has 0 saturated heterocycles. The molecule has 0 N–H and O–H groups in total. The van der Waals surface area contributed by atoms with Crippen LogP contribution in [-0.2, 0) is 5.41 Å². The van der Waals surface area contributed by atoms with Crippen LogP contribution >= 0.6 is 0 Å². The summed E-state index contributed by atoms with van der Waals surface area (Å²) >= 11 is 0. The largest absolute Gasteiger partial charge is 0.265 e. The maximum Gasteiger partial charge on any atom is 0.0714 e. The number of rotatable bonds is 7. The highest BCUT2D eigenvalue weighted by Gasteiger charge is 2.46. The average Bonchev–Trinajstić information content (AvgIpc) is 3.50. The molecule has 51 heavy (non-hydrogen) atoms. The second-order valence-corrected chi connectivity index (χ2v) is 13.0. The Bertz CT molecular complexity index is 2250. The van der Waals surface area contributed by atoms with Gasteiger partial charge >= 0.3 is 0 Å². The normalized spacial score (nSPS) is 17.5. The molecular formula is C49H44N2. The number of nitrogens with zero attached hydrogens (tertiary/aromatic N) is 2. The van der Waals surface area contributed by atoms with E-state index in [1.165, 1.54) is 50.1 Å². The highest BCUT2D eigenvalue weighted by Crippen LogP contribution is 2.56. The highest BCUT2D eigenvalue weighted by molar-refractivity contribution is 5.89. The summed E-state index contributed by atoms with van der Waals surface area (Å²) in [5.41, 5.74) is 16.0. The van der Waals surface area contributed by atoms with E-state index in [2.05, 4.69) is 164 Å². The molecule has 0 spiro atoms. The van der Waals surface area contributed by atoms with Gasteiger partial charge in [-0.05, 0) is 122 Å². The van der Waals surface area contributed by atoms with Crippen LogP contribution < -0.4 is 0 Å². The fourth-order valence-electron chi connectivity index (χ4n) is 7.70. The van der Waals surface area contributed by atoms with Crippen molar-refractivity contribution in [2.24, 2.45) is 5.92 Å². The second-order valence-electron chi connectivity index (χ2n) is 13.0. The van der Waals surface area contributed by atoms with Gasteiger partial charge in [0.1, 0.15) is 0 Å². The lowest BCUT2D eigenvalue weighted by Gasteiger charge is -2.33. The number of benzene rings is 4. The van der Waals surface area contributed by atoms with E-state index in [0.717, 1.165) is 34.5 Å². The van der Waals surface area contributed by atoms with Gasteiger partial charge in [-0.1, -0.05) is 143 Å². The third kappa shape index (κ3) is 6.02. The Hall–Kier alpha value is -5.86. The van der Waals surface area contributed by atoms with Crippen LogP contribution in [0.4, 0.5) is 0 Å². The van der Waals surface area contributed by atoms with Crippen LogP contribution in [-0.4, -0.2) is 9.97 Å². The smallest absolute Gasteiger partial charge is 0.0714 e. The molecule has 2 heteroatoms. The highest BCUT2D eigenvalue weighted by atomic mass is 14.7. The van der Waals surface area contributed by atoms with Gasteiger partial charge in [0.15, 0.2) is 0 Å². The van der Waals surface area contributed by atoms with Crippen LogP contribution in [0.5, 0.6) is 0 Å². The van der Waals surface area contributed by atoms with Crippen LogP contribution in [0.2, 0.25) is 0 Å². The van der Waals surface area contributed by atoms with Crippen LogP contribution in [0, 0.1) is 5.92 Å². The Morgan fingerprint density at radius 2 is 1.39 bits per heavy atom. The maximum absolute atomic E-state index is 5.09. The molecule has 2 aliphatic rings. The summed E-state index contributed by atoms with van der Waals surface area (Å²) in [6.07, 6.45) is 15.6. The zero-order chi connectivity index (χ0) is 35.4. The van der Waals surface area contributed by atoms with Gasteiger partial charge in [0, 0.05) is 12.4 Å². The summed E-state index contributed by atoms with van der Waals surface area (Å²) in [7, 11) is 0. The van der Waals surface area contributed by atoms with Crippen LogP contribution in [0.1, 0.15) is 67.8 Å². The Labute approximate surface area is 303 Å². The zero-order valence-electron chi connectivity index (χ0n) is 30.0. The molecule has 8 rings (SSSR count). The number of fused-ring (bicyclic) bond motifs is 3. The minimum atomic E-state index is -0.434. The monoisotopic (exact) mass is 660 g/mol. The predicted octanol–water partition coefficient (Wildman–Crippen LogP) is 12.8. The fraction of sp³-hybridized carbons (Fsp3) is 0.143. The van der Waals surface area contributed by atoms with Crippen molar-refractivity contribution in [1.82, 2.24) is 9.97 Å². The van der Waals surface area contributed by atoms with Crippen molar-refractivity contribution in [3.8, 4) is 33.4 Å². The van der Waals surface area contributed by atoms with E-state index >= 15 is 0 Å². The van der Waals surface area contributed by atoms with Gasteiger partial charge in [-0.15, -0.1) is 0 Å². The third-order valence-electron chi connectivity index (χ3n) is 10.2. The number of hydrogen-bond donors (Lipinski definition) is 0. The topological polar surface area (TPSA) is 25.8 Å². The van der Waals surface area contributed by atoms with Crippen molar-refractivity contribution in [3.05, 3.63) is 204 Å². The Morgan fingerprint density at radius 3 is 2.12 bits per heavy atom. The first-order chi connectivity index (χ1) is 25.1. The van der Waals surface area contributed by atoms with Gasteiger partial charge in [-0.2, -0.15) is 0 Å². The lowest BCUT2D eigenvalue weighted by atomic mass is 9.68. The third-order valence-corrected chi connectivity index (χ3v) is 10.2. The summed E-state index contributed by atoms with van der Waals surface area (Å²) in [5, 5.41) is 0. The van der Waals surface area contributed by atoms with E-state index in [4.69, 9.17) is 4.98 Å². The van der Waals surface area contributed by atoms with Gasteiger partial charge in [0.25, 0.3) is 0 Å². The molecule has 0 saturated carbocycles. The minimum Gasteiger partial charge on any atom is -0.265 e. The van der Waals surface area contributed by atoms with Crippen molar-refractivity contribution < 1.29 is 0 Å². The Morgan fingerprint density at radius 1 is 0.706 bits per heavy atom. The molecule has 2 atom stereocenters. The first kappa shape index (κ1) is 33.6. The van der Waals surface area contributed by atoms with Crippen LogP contribution in [0.3, 0.4) is 0 Å². The van der Waals surface area contributed by atoms with Crippen molar-refractivity contribution >= 4 is 11.1 Å². The SMILES string of the molecule is C=C/C(=C\C)c1cc(-c2cccc(-c3ccc4c(c3)-c3ccccc3C4(c3ccccc3)c3ccncc3)c2)cc(C2=CCC(C)C=C2)n1.CC. The summed E-state index contributed by atoms with van der Waals surface area (Å²) in [4.78, 5) is 9.47. The zero-order valence-corrected chi connectivity index (χ0v) is 30.0. The minimum absolute atomic E-state index is 0.434. The quantitative estimate of drug-likeness (QED) is 0.159. The molecule has 250 valence electrons. The molecule has 2 unspecified atom stereocenters. The van der Waals surface area contributed by atoms with E-state index in [9.17, 15) is 0 Å². The molecule has 0 amide bonds. The predicted molar refractivity (Wildman–Crippen MR) is 216 cm³/mol. The van der Waals surface area contributed by atoms with Crippen molar-refractivity contribution in [2.75, 3.05) is 0 Å². The van der Waals surface area contributed by atoms with E-state index < -0.39 is 5.41 Å². The molecule has 0 bridgehead atoms. The van der Waals surface area contributed by atoms with Crippen LogP contribution in [0.25, 0.3) is 44.5 Å². The van der Waals surface area contributed by atoms with Gasteiger partial charge in [0.2, 0.25) is 0 Å². The maximum atomic E-state index is 5.09. The number of aromatic nitrogens is 2. The summed E-state index contributed by atoms with van der Waals surface area (Å²) in [5.74, 6) is 0.546. The molecular weight excluding hydrogens is 617 g/mol. The second kappa shape index (κ2) is 14.5. The first-order valence-corrected chi connectivity index (χ1v) is 18.1. The molecule has 0 fully saturated rings. The average molecular weight is 661 g/mol. The molecule has 6 aromatic rings.